The van der Waals surface area contributed by atoms with E-state index in [9.17, 15) is 4.79 Å². The molecule has 1 amide bonds. The van der Waals surface area contributed by atoms with E-state index in [0.29, 0.717) is 5.56 Å². The van der Waals surface area contributed by atoms with E-state index in [-0.39, 0.29) is 17.6 Å². The smallest absolute Gasteiger partial charge is 0.253 e. The number of pyridine rings is 1. The molecule has 164 valence electrons. The molecule has 2 aromatic carbocycles. The summed E-state index contributed by atoms with van der Waals surface area (Å²) in [7, 11) is 2.15. The van der Waals surface area contributed by atoms with Crippen molar-refractivity contribution in [1.29, 1.82) is 0 Å². The molecule has 2 aliphatic rings. The number of aryl methyl sites for hydroxylation is 1. The number of nitrogens with zero attached hydrogens (tertiary/aromatic N) is 2. The third-order valence-electron chi connectivity index (χ3n) is 6.80. The van der Waals surface area contributed by atoms with Crippen LogP contribution in [0, 0.1) is 6.92 Å². The molecule has 1 fully saturated rings. The van der Waals surface area contributed by atoms with Crippen LogP contribution in [0.1, 0.15) is 46.9 Å². The summed E-state index contributed by atoms with van der Waals surface area (Å²) in [5.41, 5.74) is 4.11. The van der Waals surface area contributed by atoms with E-state index >= 15 is 0 Å². The van der Waals surface area contributed by atoms with Crippen molar-refractivity contribution in [2.45, 2.75) is 37.8 Å². The number of carbonyl (C=O) groups is 1. The van der Waals surface area contributed by atoms with Gasteiger partial charge in [0.25, 0.3) is 5.91 Å². The summed E-state index contributed by atoms with van der Waals surface area (Å²) in [6.07, 6.45) is 2.73. The third kappa shape index (κ3) is 4.00. The van der Waals surface area contributed by atoms with Gasteiger partial charge in [0.1, 0.15) is 11.4 Å². The van der Waals surface area contributed by atoms with Crippen molar-refractivity contribution in [2.24, 2.45) is 0 Å². The van der Waals surface area contributed by atoms with Crippen LogP contribution in [-0.4, -0.2) is 41.5 Å². The normalized spacial score (nSPS) is 19.8. The van der Waals surface area contributed by atoms with Gasteiger partial charge in [-0.1, -0.05) is 48.5 Å². The number of hydrogen-bond donors (Lipinski definition) is 1. The molecule has 0 radical (unpaired) electrons. The Kier molecular flexibility index (Phi) is 5.43. The number of rotatable bonds is 3. The van der Waals surface area contributed by atoms with E-state index in [0.717, 1.165) is 60.6 Å². The summed E-state index contributed by atoms with van der Waals surface area (Å²) in [5.74, 6) is 0.808. The van der Waals surface area contributed by atoms with Crippen LogP contribution < -0.4 is 10.1 Å². The van der Waals surface area contributed by atoms with Gasteiger partial charge in [-0.3, -0.25) is 9.78 Å². The number of carbonyl (C=O) groups excluding carboxylic acids is 1. The number of benzene rings is 2. The summed E-state index contributed by atoms with van der Waals surface area (Å²) in [6.45, 7) is 3.91. The largest absolute Gasteiger partial charge is 0.487 e. The summed E-state index contributed by atoms with van der Waals surface area (Å²) in [6, 6.07) is 21.9. The maximum Gasteiger partial charge on any atom is 0.253 e. The first-order chi connectivity index (χ1) is 15.5. The minimum absolute atomic E-state index is 0.0796. The maximum absolute atomic E-state index is 13.3. The molecule has 1 aromatic heterocycles. The Bertz CT molecular complexity index is 1120. The van der Waals surface area contributed by atoms with Crippen molar-refractivity contribution in [3.8, 4) is 17.0 Å². The van der Waals surface area contributed by atoms with E-state index in [1.807, 2.05) is 67.6 Å². The number of piperidine rings is 1. The highest BCUT2D eigenvalue weighted by atomic mass is 16.5. The van der Waals surface area contributed by atoms with Crippen LogP contribution in [-0.2, 0) is 0 Å². The molecule has 1 atom stereocenters. The molecule has 0 bridgehead atoms. The van der Waals surface area contributed by atoms with Crippen molar-refractivity contribution < 1.29 is 9.53 Å². The predicted octanol–water partition coefficient (Wildman–Crippen LogP) is 4.78. The van der Waals surface area contributed by atoms with Crippen LogP contribution in [0.15, 0.2) is 66.7 Å². The molecule has 32 heavy (non-hydrogen) atoms. The lowest BCUT2D eigenvalue weighted by atomic mass is 9.80. The number of fused-ring (bicyclic) bond motifs is 1. The molecular weight excluding hydrogens is 398 g/mol. The number of aromatic nitrogens is 1. The molecule has 1 spiro atoms. The van der Waals surface area contributed by atoms with Crippen LogP contribution in [0.2, 0.25) is 0 Å². The fourth-order valence-corrected chi connectivity index (χ4v) is 4.89. The Labute approximate surface area is 189 Å². The summed E-state index contributed by atoms with van der Waals surface area (Å²) >= 11 is 0. The monoisotopic (exact) mass is 427 g/mol. The summed E-state index contributed by atoms with van der Waals surface area (Å²) < 4.78 is 6.52. The number of nitrogens with one attached hydrogen (secondary N) is 1. The minimum Gasteiger partial charge on any atom is -0.487 e. The quantitative estimate of drug-likeness (QED) is 0.654. The lowest BCUT2D eigenvalue weighted by Crippen LogP contribution is -2.51. The Morgan fingerprint density at radius 3 is 2.50 bits per heavy atom. The molecule has 1 saturated heterocycles. The van der Waals surface area contributed by atoms with Gasteiger partial charge in [0.05, 0.1) is 23.0 Å². The first kappa shape index (κ1) is 20.7. The number of amides is 1. The van der Waals surface area contributed by atoms with E-state index in [1.54, 1.807) is 0 Å². The second-order valence-electron chi connectivity index (χ2n) is 9.05. The number of likely N-dealkylation sites (tertiary alicyclic amines) is 1. The van der Waals surface area contributed by atoms with E-state index in [2.05, 4.69) is 23.3 Å². The second kappa shape index (κ2) is 8.40. The van der Waals surface area contributed by atoms with Crippen LogP contribution in [0.5, 0.6) is 5.75 Å². The average Bonchev–Trinajstić information content (AvgIpc) is 2.81. The van der Waals surface area contributed by atoms with Gasteiger partial charge in [0.15, 0.2) is 0 Å². The lowest BCUT2D eigenvalue weighted by Gasteiger charge is -2.46. The SMILES string of the molecule is Cc1nc(-c2ccccc2)ccc1C(=O)NC1CC2(CCN(C)CC2)Oc2ccccc21. The Balaban J connectivity index is 1.40. The standard InChI is InChI=1S/C27H29N3O2/c1-19-21(12-13-23(28-19)20-8-4-3-5-9-20)26(31)29-24-18-27(14-16-30(2)17-15-27)32-25-11-7-6-10-22(24)25/h3-13,24H,14-18H2,1-2H3,(H,29,31). The van der Waals surface area contributed by atoms with Crippen LogP contribution in [0.4, 0.5) is 0 Å². The van der Waals surface area contributed by atoms with Crippen LogP contribution in [0.25, 0.3) is 11.3 Å². The third-order valence-corrected chi connectivity index (χ3v) is 6.80. The maximum atomic E-state index is 13.3. The molecule has 5 rings (SSSR count). The zero-order valence-electron chi connectivity index (χ0n) is 18.7. The van der Waals surface area contributed by atoms with Crippen molar-refractivity contribution in [3.63, 3.8) is 0 Å². The molecule has 5 heteroatoms. The van der Waals surface area contributed by atoms with Crippen molar-refractivity contribution in [1.82, 2.24) is 15.2 Å². The van der Waals surface area contributed by atoms with Crippen molar-refractivity contribution >= 4 is 5.91 Å². The molecule has 1 N–H and O–H groups in total. The molecular formula is C27H29N3O2. The summed E-state index contributed by atoms with van der Waals surface area (Å²) in [5, 5.41) is 3.30. The molecule has 0 aliphatic carbocycles. The van der Waals surface area contributed by atoms with Gasteiger partial charge in [0, 0.05) is 30.6 Å². The van der Waals surface area contributed by atoms with Gasteiger partial charge in [-0.25, -0.2) is 0 Å². The highest BCUT2D eigenvalue weighted by molar-refractivity contribution is 5.95. The molecule has 1 unspecified atom stereocenters. The first-order valence-electron chi connectivity index (χ1n) is 11.3. The highest BCUT2D eigenvalue weighted by Gasteiger charge is 2.43. The number of para-hydroxylation sites is 1. The fourth-order valence-electron chi connectivity index (χ4n) is 4.89. The Morgan fingerprint density at radius 1 is 1.03 bits per heavy atom. The topological polar surface area (TPSA) is 54.5 Å². The molecule has 2 aliphatic heterocycles. The van der Waals surface area contributed by atoms with Gasteiger partial charge >= 0.3 is 0 Å². The summed E-state index contributed by atoms with van der Waals surface area (Å²) in [4.78, 5) is 20.4. The zero-order valence-corrected chi connectivity index (χ0v) is 18.7. The first-order valence-corrected chi connectivity index (χ1v) is 11.3. The average molecular weight is 428 g/mol. The van der Waals surface area contributed by atoms with E-state index in [4.69, 9.17) is 9.72 Å². The molecule has 3 aromatic rings. The van der Waals surface area contributed by atoms with Gasteiger partial charge in [-0.05, 0) is 45.0 Å². The van der Waals surface area contributed by atoms with Crippen LogP contribution >= 0.6 is 0 Å². The van der Waals surface area contributed by atoms with Crippen LogP contribution in [0.3, 0.4) is 0 Å². The Hall–Kier alpha value is -3.18. The molecule has 3 heterocycles. The second-order valence-corrected chi connectivity index (χ2v) is 9.05. The van der Waals surface area contributed by atoms with Gasteiger partial charge in [0.2, 0.25) is 0 Å². The Morgan fingerprint density at radius 2 is 1.75 bits per heavy atom. The van der Waals surface area contributed by atoms with E-state index < -0.39 is 0 Å². The zero-order chi connectivity index (χ0) is 22.1. The fraction of sp³-hybridized carbons (Fsp3) is 0.333. The van der Waals surface area contributed by atoms with Gasteiger partial charge < -0.3 is 15.0 Å². The van der Waals surface area contributed by atoms with Gasteiger partial charge in [-0.2, -0.15) is 0 Å². The van der Waals surface area contributed by atoms with Crippen molar-refractivity contribution in [2.75, 3.05) is 20.1 Å². The predicted molar refractivity (Wildman–Crippen MR) is 126 cm³/mol. The minimum atomic E-state index is -0.219. The highest BCUT2D eigenvalue weighted by Crippen LogP contribution is 2.44. The molecule has 5 nitrogen and oxygen atoms in total. The van der Waals surface area contributed by atoms with Gasteiger partial charge in [-0.15, -0.1) is 0 Å². The number of hydrogen-bond acceptors (Lipinski definition) is 4. The van der Waals surface area contributed by atoms with E-state index in [1.165, 1.54) is 0 Å². The lowest BCUT2D eigenvalue weighted by molar-refractivity contribution is -0.0195. The number of ether oxygens (including phenoxy) is 1. The molecule has 0 saturated carbocycles. The van der Waals surface area contributed by atoms with Crippen molar-refractivity contribution in [3.05, 3.63) is 83.6 Å².